The second kappa shape index (κ2) is 11.4. The van der Waals surface area contributed by atoms with Gasteiger partial charge >= 0.3 is 12.0 Å². The van der Waals surface area contributed by atoms with Crippen LogP contribution in [0.25, 0.3) is 0 Å². The van der Waals surface area contributed by atoms with Crippen molar-refractivity contribution >= 4 is 40.2 Å². The molecule has 9 heteroatoms. The summed E-state index contributed by atoms with van der Waals surface area (Å²) >= 11 is 2.51. The van der Waals surface area contributed by atoms with E-state index in [1.165, 1.54) is 29.5 Å². The Bertz CT molecular complexity index is 576. The Morgan fingerprint density at radius 3 is 2.88 bits per heavy atom. The third-order valence-electron chi connectivity index (χ3n) is 4.20. The van der Waals surface area contributed by atoms with Gasteiger partial charge in [-0.15, -0.1) is 11.8 Å². The van der Waals surface area contributed by atoms with Crippen LogP contribution < -0.4 is 5.32 Å². The predicted molar refractivity (Wildman–Crippen MR) is 104 cm³/mol. The monoisotopic (exact) mass is 401 g/mol. The molecule has 1 saturated carbocycles. The summed E-state index contributed by atoms with van der Waals surface area (Å²) in [5, 5.41) is 12.1. The van der Waals surface area contributed by atoms with E-state index in [0.29, 0.717) is 24.9 Å². The average Bonchev–Trinajstić information content (AvgIpc) is 3.08. The number of carbonyl (C=O) groups excluding carboxylic acids is 1. The molecule has 0 saturated heterocycles. The number of hydrogen-bond donors (Lipinski definition) is 2. The van der Waals surface area contributed by atoms with E-state index in [2.05, 4.69) is 10.3 Å². The zero-order chi connectivity index (χ0) is 18.8. The molecule has 0 radical (unpaired) electrons. The number of amides is 2. The lowest BCUT2D eigenvalue weighted by Gasteiger charge is -2.34. The molecular weight excluding hydrogens is 374 g/mol. The van der Waals surface area contributed by atoms with Gasteiger partial charge in [0.2, 0.25) is 0 Å². The van der Waals surface area contributed by atoms with Gasteiger partial charge in [-0.1, -0.05) is 30.6 Å². The summed E-state index contributed by atoms with van der Waals surface area (Å²) in [4.78, 5) is 29.5. The van der Waals surface area contributed by atoms with Gasteiger partial charge in [-0.2, -0.15) is 0 Å². The molecule has 1 fully saturated rings. The minimum absolute atomic E-state index is 0.0127. The number of nitrogens with one attached hydrogen (secondary N) is 1. The highest BCUT2D eigenvalue weighted by atomic mass is 32.2. The minimum atomic E-state index is -0.869. The van der Waals surface area contributed by atoms with E-state index in [1.54, 1.807) is 6.20 Å². The number of anilines is 1. The van der Waals surface area contributed by atoms with Crippen LogP contribution in [0.5, 0.6) is 0 Å². The van der Waals surface area contributed by atoms with Gasteiger partial charge in [0.05, 0.1) is 16.2 Å². The van der Waals surface area contributed by atoms with Crippen LogP contribution in [0, 0.1) is 0 Å². The van der Waals surface area contributed by atoms with Crippen LogP contribution in [0.2, 0.25) is 0 Å². The molecule has 0 unspecified atom stereocenters. The zero-order valence-electron chi connectivity index (χ0n) is 15.1. The number of ether oxygens (including phenoxy) is 1. The summed E-state index contributed by atoms with van der Waals surface area (Å²) in [6.45, 7) is 3.97. The molecule has 1 aliphatic carbocycles. The van der Waals surface area contributed by atoms with Gasteiger partial charge in [0, 0.05) is 25.8 Å². The van der Waals surface area contributed by atoms with Gasteiger partial charge in [0.1, 0.15) is 0 Å². The Morgan fingerprint density at radius 2 is 2.19 bits per heavy atom. The van der Waals surface area contributed by atoms with Gasteiger partial charge in [0.15, 0.2) is 5.13 Å². The molecule has 7 nitrogen and oxygen atoms in total. The van der Waals surface area contributed by atoms with Crippen LogP contribution in [0.4, 0.5) is 9.93 Å². The van der Waals surface area contributed by atoms with Crippen LogP contribution in [0.1, 0.15) is 45.4 Å². The van der Waals surface area contributed by atoms with Gasteiger partial charge in [-0.3, -0.25) is 10.1 Å². The van der Waals surface area contributed by atoms with Crippen molar-refractivity contribution < 1.29 is 19.4 Å². The topological polar surface area (TPSA) is 91.8 Å². The average molecular weight is 402 g/mol. The molecular formula is C17H27N3O4S2. The Morgan fingerprint density at radius 1 is 1.42 bits per heavy atom. The molecule has 2 amide bonds. The van der Waals surface area contributed by atoms with Crippen molar-refractivity contribution in [3.8, 4) is 0 Å². The Hall–Kier alpha value is -1.32. The fourth-order valence-corrected chi connectivity index (χ4v) is 4.59. The van der Waals surface area contributed by atoms with Gasteiger partial charge in [-0.25, -0.2) is 9.78 Å². The maximum Gasteiger partial charge on any atom is 0.323 e. The van der Waals surface area contributed by atoms with Gasteiger partial charge in [-0.05, 0) is 26.2 Å². The maximum atomic E-state index is 12.8. The molecule has 1 heterocycles. The quantitative estimate of drug-likeness (QED) is 0.456. The molecule has 2 N–H and O–H groups in total. The number of carboxylic acids is 1. The van der Waals surface area contributed by atoms with E-state index in [9.17, 15) is 9.59 Å². The first-order valence-corrected chi connectivity index (χ1v) is 10.9. The number of rotatable bonds is 10. The number of aromatic nitrogens is 1. The number of carbonyl (C=O) groups is 2. The van der Waals surface area contributed by atoms with Crippen molar-refractivity contribution in [1.29, 1.82) is 0 Å². The first-order chi connectivity index (χ1) is 12.6. The lowest BCUT2D eigenvalue weighted by Crippen LogP contribution is -2.44. The van der Waals surface area contributed by atoms with E-state index >= 15 is 0 Å². The van der Waals surface area contributed by atoms with E-state index in [0.717, 1.165) is 36.3 Å². The highest BCUT2D eigenvalue weighted by Gasteiger charge is 2.25. The highest BCUT2D eigenvalue weighted by molar-refractivity contribution is 8.01. The number of nitrogens with zero attached hydrogens (tertiary/aromatic N) is 2. The van der Waals surface area contributed by atoms with Crippen LogP contribution in [-0.4, -0.2) is 58.5 Å². The molecule has 146 valence electrons. The lowest BCUT2D eigenvalue weighted by atomic mass is 9.94. The van der Waals surface area contributed by atoms with E-state index in [1.807, 2.05) is 11.8 Å². The second-order valence-corrected chi connectivity index (χ2v) is 8.44. The summed E-state index contributed by atoms with van der Waals surface area (Å²) in [7, 11) is 0. The SMILES string of the molecule is CCOCCCN(C(=O)Nc1ncc(SCC(=O)O)s1)C1CCCCC1. The van der Waals surface area contributed by atoms with Crippen molar-refractivity contribution in [3.05, 3.63) is 6.20 Å². The molecule has 0 aliphatic heterocycles. The van der Waals surface area contributed by atoms with Crippen LogP contribution >= 0.6 is 23.1 Å². The van der Waals surface area contributed by atoms with Crippen molar-refractivity contribution in [2.24, 2.45) is 0 Å². The molecule has 0 bridgehead atoms. The summed E-state index contributed by atoms with van der Waals surface area (Å²) in [6.07, 6.45) is 8.06. The summed E-state index contributed by atoms with van der Waals surface area (Å²) in [5.74, 6) is -0.881. The molecule has 2 rings (SSSR count). The molecule has 1 aromatic rings. The molecule has 26 heavy (non-hydrogen) atoms. The minimum Gasteiger partial charge on any atom is -0.481 e. The van der Waals surface area contributed by atoms with Crippen molar-refractivity contribution in [3.63, 3.8) is 0 Å². The number of carboxylic acid groups (broad SMARTS) is 1. The van der Waals surface area contributed by atoms with Crippen molar-refractivity contribution in [2.45, 2.75) is 55.7 Å². The fraction of sp³-hybridized carbons (Fsp3) is 0.706. The first-order valence-electron chi connectivity index (χ1n) is 9.06. The number of thioether (sulfide) groups is 1. The Labute approximate surface area is 162 Å². The number of urea groups is 1. The van der Waals surface area contributed by atoms with E-state index in [-0.39, 0.29) is 17.8 Å². The third kappa shape index (κ3) is 7.13. The molecule has 1 aliphatic rings. The third-order valence-corrected chi connectivity index (χ3v) is 6.30. The van der Waals surface area contributed by atoms with Crippen molar-refractivity contribution in [1.82, 2.24) is 9.88 Å². The summed E-state index contributed by atoms with van der Waals surface area (Å²) in [6, 6.07) is 0.142. The number of hydrogen-bond acceptors (Lipinski definition) is 6. The lowest BCUT2D eigenvalue weighted by molar-refractivity contribution is -0.133. The van der Waals surface area contributed by atoms with Crippen molar-refractivity contribution in [2.75, 3.05) is 30.8 Å². The number of aliphatic carboxylic acids is 1. The zero-order valence-corrected chi connectivity index (χ0v) is 16.7. The van der Waals surface area contributed by atoms with Crippen LogP contribution in [0.15, 0.2) is 10.4 Å². The summed E-state index contributed by atoms with van der Waals surface area (Å²) in [5.41, 5.74) is 0. The fourth-order valence-electron chi connectivity index (χ4n) is 3.00. The van der Waals surface area contributed by atoms with E-state index in [4.69, 9.17) is 9.84 Å². The van der Waals surface area contributed by atoms with Gasteiger partial charge in [0.25, 0.3) is 0 Å². The second-order valence-electron chi connectivity index (χ2n) is 6.13. The van der Waals surface area contributed by atoms with Gasteiger partial charge < -0.3 is 14.7 Å². The Balaban J connectivity index is 1.92. The molecule has 1 aromatic heterocycles. The maximum absolute atomic E-state index is 12.8. The first kappa shape index (κ1) is 21.0. The molecule has 0 aromatic carbocycles. The van der Waals surface area contributed by atoms with Crippen LogP contribution in [0.3, 0.4) is 0 Å². The normalized spacial score (nSPS) is 15.0. The predicted octanol–water partition coefficient (Wildman–Crippen LogP) is 3.91. The molecule has 0 spiro atoms. The summed E-state index contributed by atoms with van der Waals surface area (Å²) < 4.78 is 6.18. The van der Waals surface area contributed by atoms with E-state index < -0.39 is 5.97 Å². The number of thiazole rings is 1. The standard InChI is InChI=1S/C17H27N3O4S2/c1-2-24-10-6-9-20(13-7-4-3-5-8-13)17(23)19-16-18-11-15(26-16)25-12-14(21)22/h11,13H,2-10,12H2,1H3,(H,21,22)(H,18,19,23). The smallest absolute Gasteiger partial charge is 0.323 e. The molecule has 0 atom stereocenters. The highest BCUT2D eigenvalue weighted by Crippen LogP contribution is 2.29. The largest absolute Gasteiger partial charge is 0.481 e. The van der Waals surface area contributed by atoms with Crippen LogP contribution in [-0.2, 0) is 9.53 Å². The Kier molecular flexibility index (Phi) is 9.21.